The molecular formula is C15H24N2O3S. The summed E-state index contributed by atoms with van der Waals surface area (Å²) in [7, 11) is 3.21. The number of nitrogens with one attached hydrogen (secondary N) is 1. The second kappa shape index (κ2) is 8.14. The Hall–Kier alpha value is -1.40. The lowest BCUT2D eigenvalue weighted by molar-refractivity contribution is -0.122. The van der Waals surface area contributed by atoms with Crippen molar-refractivity contribution in [2.24, 2.45) is 5.73 Å². The molecule has 0 bridgehead atoms. The Kier molecular flexibility index (Phi) is 6.84. The zero-order valence-electron chi connectivity index (χ0n) is 13.1. The molecule has 5 nitrogen and oxygen atoms in total. The molecule has 0 saturated heterocycles. The van der Waals surface area contributed by atoms with Crippen LogP contribution in [-0.4, -0.2) is 38.0 Å². The average molecular weight is 312 g/mol. The molecule has 1 aromatic carbocycles. The number of hydrogen-bond donors (Lipinski definition) is 2. The van der Waals surface area contributed by atoms with Gasteiger partial charge in [-0.1, -0.05) is 0 Å². The van der Waals surface area contributed by atoms with E-state index in [0.717, 1.165) is 4.90 Å². The van der Waals surface area contributed by atoms with Gasteiger partial charge < -0.3 is 20.5 Å². The zero-order chi connectivity index (χ0) is 15.9. The van der Waals surface area contributed by atoms with Gasteiger partial charge in [-0.15, -0.1) is 11.8 Å². The molecule has 1 rings (SSSR count). The highest BCUT2D eigenvalue weighted by Crippen LogP contribution is 2.31. The Labute approximate surface area is 130 Å². The van der Waals surface area contributed by atoms with Gasteiger partial charge >= 0.3 is 0 Å². The minimum atomic E-state index is -0.356. The van der Waals surface area contributed by atoms with Crippen LogP contribution in [0.5, 0.6) is 11.5 Å². The summed E-state index contributed by atoms with van der Waals surface area (Å²) in [6, 6.07) is 5.72. The number of nitrogens with two attached hydrogens (primary N) is 1. The third kappa shape index (κ3) is 5.85. The van der Waals surface area contributed by atoms with Crippen molar-refractivity contribution < 1.29 is 14.3 Å². The van der Waals surface area contributed by atoms with E-state index in [0.29, 0.717) is 30.2 Å². The number of amides is 1. The molecule has 21 heavy (non-hydrogen) atoms. The summed E-state index contributed by atoms with van der Waals surface area (Å²) in [5.41, 5.74) is 5.23. The maximum atomic E-state index is 11.8. The summed E-state index contributed by atoms with van der Waals surface area (Å²) in [4.78, 5) is 12.8. The van der Waals surface area contributed by atoms with Crippen LogP contribution in [0.2, 0.25) is 0 Å². The van der Waals surface area contributed by atoms with E-state index in [1.54, 1.807) is 26.0 Å². The van der Waals surface area contributed by atoms with E-state index in [9.17, 15) is 4.79 Å². The molecule has 0 aliphatic carbocycles. The molecule has 1 aromatic rings. The van der Waals surface area contributed by atoms with Crippen LogP contribution >= 0.6 is 11.8 Å². The molecule has 0 aromatic heterocycles. The van der Waals surface area contributed by atoms with Crippen molar-refractivity contribution >= 4 is 17.7 Å². The van der Waals surface area contributed by atoms with E-state index in [-0.39, 0.29) is 11.4 Å². The number of carbonyl (C=O) groups is 1. The molecule has 0 aliphatic rings. The maximum Gasteiger partial charge on any atom is 0.221 e. The second-order valence-electron chi connectivity index (χ2n) is 5.25. The van der Waals surface area contributed by atoms with Gasteiger partial charge in [-0.3, -0.25) is 4.79 Å². The highest BCUT2D eigenvalue weighted by atomic mass is 32.2. The van der Waals surface area contributed by atoms with Crippen molar-refractivity contribution in [3.8, 4) is 11.5 Å². The van der Waals surface area contributed by atoms with Crippen molar-refractivity contribution in [3.63, 3.8) is 0 Å². The van der Waals surface area contributed by atoms with E-state index >= 15 is 0 Å². The first kappa shape index (κ1) is 17.7. The molecule has 6 heteroatoms. The SMILES string of the molecule is COc1ccc(SCCC(=O)NC(C)(C)CN)cc1OC. The number of hydrogen-bond acceptors (Lipinski definition) is 5. The lowest BCUT2D eigenvalue weighted by Gasteiger charge is -2.24. The van der Waals surface area contributed by atoms with Gasteiger partial charge in [0.15, 0.2) is 11.5 Å². The van der Waals surface area contributed by atoms with E-state index in [2.05, 4.69) is 5.32 Å². The van der Waals surface area contributed by atoms with Crippen LogP contribution in [0.15, 0.2) is 23.1 Å². The van der Waals surface area contributed by atoms with Gasteiger partial charge in [0.25, 0.3) is 0 Å². The summed E-state index contributed by atoms with van der Waals surface area (Å²) in [5, 5.41) is 2.91. The van der Waals surface area contributed by atoms with Crippen LogP contribution < -0.4 is 20.5 Å². The first-order valence-corrected chi connectivity index (χ1v) is 7.76. The lowest BCUT2D eigenvalue weighted by atomic mass is 10.1. The molecule has 0 saturated carbocycles. The average Bonchev–Trinajstić information content (AvgIpc) is 2.46. The molecule has 0 heterocycles. The van der Waals surface area contributed by atoms with Crippen molar-refractivity contribution in [1.82, 2.24) is 5.32 Å². The van der Waals surface area contributed by atoms with Gasteiger partial charge in [0.05, 0.1) is 14.2 Å². The molecule has 0 radical (unpaired) electrons. The monoisotopic (exact) mass is 312 g/mol. The van der Waals surface area contributed by atoms with Crippen molar-refractivity contribution in [2.45, 2.75) is 30.7 Å². The van der Waals surface area contributed by atoms with Gasteiger partial charge in [0.1, 0.15) is 0 Å². The minimum Gasteiger partial charge on any atom is -0.493 e. The standard InChI is InChI=1S/C15H24N2O3S/c1-15(2,10-16)17-14(18)7-8-21-11-5-6-12(19-3)13(9-11)20-4/h5-6,9H,7-8,10,16H2,1-4H3,(H,17,18). The Morgan fingerprint density at radius 2 is 1.95 bits per heavy atom. The molecule has 0 spiro atoms. The molecule has 0 atom stereocenters. The van der Waals surface area contributed by atoms with Gasteiger partial charge in [0.2, 0.25) is 5.91 Å². The molecule has 3 N–H and O–H groups in total. The third-order valence-electron chi connectivity index (χ3n) is 2.94. The van der Waals surface area contributed by atoms with Crippen LogP contribution in [0.4, 0.5) is 0 Å². The molecule has 1 amide bonds. The van der Waals surface area contributed by atoms with Crippen molar-refractivity contribution in [1.29, 1.82) is 0 Å². The normalized spacial score (nSPS) is 11.1. The summed E-state index contributed by atoms with van der Waals surface area (Å²) in [5.74, 6) is 2.10. The van der Waals surface area contributed by atoms with Crippen LogP contribution in [0.1, 0.15) is 20.3 Å². The predicted octanol–water partition coefficient (Wildman–Crippen LogP) is 2.04. The number of carbonyl (C=O) groups excluding carboxylic acids is 1. The Balaban J connectivity index is 2.47. The van der Waals surface area contributed by atoms with Crippen molar-refractivity contribution in [2.75, 3.05) is 26.5 Å². The Morgan fingerprint density at radius 1 is 1.29 bits per heavy atom. The summed E-state index contributed by atoms with van der Waals surface area (Å²) < 4.78 is 10.4. The molecule has 0 aliphatic heterocycles. The number of thioether (sulfide) groups is 1. The fraction of sp³-hybridized carbons (Fsp3) is 0.533. The van der Waals surface area contributed by atoms with Crippen LogP contribution in [0.25, 0.3) is 0 Å². The summed E-state index contributed by atoms with van der Waals surface area (Å²) in [6.45, 7) is 4.24. The third-order valence-corrected chi connectivity index (χ3v) is 3.94. The van der Waals surface area contributed by atoms with Gasteiger partial charge in [-0.25, -0.2) is 0 Å². The summed E-state index contributed by atoms with van der Waals surface area (Å²) >= 11 is 1.60. The number of rotatable bonds is 8. The van der Waals surface area contributed by atoms with E-state index < -0.39 is 0 Å². The zero-order valence-corrected chi connectivity index (χ0v) is 13.9. The highest BCUT2D eigenvalue weighted by Gasteiger charge is 2.17. The van der Waals surface area contributed by atoms with E-state index in [1.807, 2.05) is 32.0 Å². The fourth-order valence-corrected chi connectivity index (χ4v) is 2.54. The number of ether oxygens (including phenoxy) is 2. The van der Waals surface area contributed by atoms with E-state index in [1.165, 1.54) is 0 Å². The first-order chi connectivity index (χ1) is 9.91. The molecule has 118 valence electrons. The Bertz CT molecular complexity index is 478. The molecule has 0 fully saturated rings. The first-order valence-electron chi connectivity index (χ1n) is 6.78. The Morgan fingerprint density at radius 3 is 2.52 bits per heavy atom. The largest absolute Gasteiger partial charge is 0.493 e. The highest BCUT2D eigenvalue weighted by molar-refractivity contribution is 7.99. The predicted molar refractivity (Wildman–Crippen MR) is 86.2 cm³/mol. The molecule has 0 unspecified atom stereocenters. The van der Waals surface area contributed by atoms with Crippen molar-refractivity contribution in [3.05, 3.63) is 18.2 Å². The maximum absolute atomic E-state index is 11.8. The van der Waals surface area contributed by atoms with Gasteiger partial charge in [0, 0.05) is 29.2 Å². The molecular weight excluding hydrogens is 288 g/mol. The second-order valence-corrected chi connectivity index (χ2v) is 6.42. The minimum absolute atomic E-state index is 0.0124. The fourth-order valence-electron chi connectivity index (χ4n) is 1.66. The van der Waals surface area contributed by atoms with Gasteiger partial charge in [-0.2, -0.15) is 0 Å². The van der Waals surface area contributed by atoms with Gasteiger partial charge in [-0.05, 0) is 32.0 Å². The smallest absolute Gasteiger partial charge is 0.221 e. The van der Waals surface area contributed by atoms with Crippen LogP contribution in [0.3, 0.4) is 0 Å². The quantitative estimate of drug-likeness (QED) is 0.719. The number of benzene rings is 1. The lowest BCUT2D eigenvalue weighted by Crippen LogP contribution is -2.48. The number of methoxy groups -OCH3 is 2. The topological polar surface area (TPSA) is 73.6 Å². The van der Waals surface area contributed by atoms with E-state index in [4.69, 9.17) is 15.2 Å². The van der Waals surface area contributed by atoms with Crippen LogP contribution in [-0.2, 0) is 4.79 Å². The van der Waals surface area contributed by atoms with Crippen LogP contribution in [0, 0.1) is 0 Å². The summed E-state index contributed by atoms with van der Waals surface area (Å²) in [6.07, 6.45) is 0.447.